The molecule has 12 heteroatoms. The molecular formula is C27H23FN10O. The lowest BCUT2D eigenvalue weighted by molar-refractivity contribution is 0.0935. The number of hydrogen-bond acceptors (Lipinski definition) is 9. The fraction of sp³-hybridized carbons (Fsp3) is 0.148. The van der Waals surface area contributed by atoms with Crippen LogP contribution in [-0.4, -0.2) is 36.0 Å². The van der Waals surface area contributed by atoms with Gasteiger partial charge in [0.05, 0.1) is 23.3 Å². The lowest BCUT2D eigenvalue weighted by Gasteiger charge is -2.16. The minimum atomic E-state index is -0.550. The van der Waals surface area contributed by atoms with Crippen molar-refractivity contribution in [3.63, 3.8) is 0 Å². The highest BCUT2D eigenvalue weighted by atomic mass is 19.1. The first kappa shape index (κ1) is 25.2. The summed E-state index contributed by atoms with van der Waals surface area (Å²) in [7, 11) is 0. The first-order chi connectivity index (χ1) is 18.8. The number of H-pyrrole nitrogens is 1. The molecule has 5 N–H and O–H groups in total. The SMILES string of the molecule is Cc1ccc([C@H](C)NC(=O)c2nc(C#N)cnc2NCc2ccc(-c3cnc4n[nH]c(N)c4c3)nc2)cc1F. The number of carbonyl (C=O) groups excluding carboxylic acids is 1. The summed E-state index contributed by atoms with van der Waals surface area (Å²) in [6, 6.07) is 11.8. The zero-order valence-electron chi connectivity index (χ0n) is 21.0. The summed E-state index contributed by atoms with van der Waals surface area (Å²) in [5.41, 5.74) is 9.80. The number of nitrogens with one attached hydrogen (secondary N) is 3. The molecule has 5 aromatic rings. The standard InChI is InChI=1S/C27H23FN10O/c1-14-3-5-17(8-21(14)28)15(2)35-27(39)23-26(34-13-19(9-29)36-23)32-11-16-4-6-22(31-10-16)18-7-20-24(30)37-38-25(20)33-12-18/h3-8,10,12-13,15H,11H2,1-2H3,(H,32,34)(H,35,39)(H3,30,33,37,38)/t15-/m0/s1. The number of amides is 1. The monoisotopic (exact) mass is 522 g/mol. The van der Waals surface area contributed by atoms with Crippen molar-refractivity contribution >= 4 is 28.6 Å². The molecule has 5 rings (SSSR count). The second-order valence-electron chi connectivity index (χ2n) is 8.91. The molecule has 0 saturated carbocycles. The second-order valence-corrected chi connectivity index (χ2v) is 8.91. The van der Waals surface area contributed by atoms with Gasteiger partial charge in [-0.1, -0.05) is 18.2 Å². The van der Waals surface area contributed by atoms with Crippen molar-refractivity contribution in [1.82, 2.24) is 35.5 Å². The van der Waals surface area contributed by atoms with E-state index in [-0.39, 0.29) is 23.0 Å². The highest BCUT2D eigenvalue weighted by molar-refractivity contribution is 5.97. The molecule has 0 bridgehead atoms. The molecule has 0 saturated heterocycles. The van der Waals surface area contributed by atoms with Gasteiger partial charge in [-0.05, 0) is 48.7 Å². The Labute approximate surface area is 222 Å². The minimum absolute atomic E-state index is 0.00501. The third-order valence-corrected chi connectivity index (χ3v) is 6.17. The van der Waals surface area contributed by atoms with Gasteiger partial charge in [-0.2, -0.15) is 10.4 Å². The van der Waals surface area contributed by atoms with E-state index in [1.54, 1.807) is 38.4 Å². The molecule has 0 aliphatic carbocycles. The molecule has 11 nitrogen and oxygen atoms in total. The summed E-state index contributed by atoms with van der Waals surface area (Å²) in [4.78, 5) is 30.3. The van der Waals surface area contributed by atoms with Crippen LogP contribution in [0.3, 0.4) is 0 Å². The first-order valence-electron chi connectivity index (χ1n) is 11.9. The number of carbonyl (C=O) groups is 1. The summed E-state index contributed by atoms with van der Waals surface area (Å²) in [5, 5.41) is 22.6. The Balaban J connectivity index is 1.31. The van der Waals surface area contributed by atoms with Crippen LogP contribution in [0.15, 0.2) is 55.0 Å². The summed E-state index contributed by atoms with van der Waals surface area (Å²) < 4.78 is 14.0. The predicted molar refractivity (Wildman–Crippen MR) is 143 cm³/mol. The summed E-state index contributed by atoms with van der Waals surface area (Å²) in [6.45, 7) is 3.69. The van der Waals surface area contributed by atoms with Crippen LogP contribution in [0.4, 0.5) is 16.0 Å². The van der Waals surface area contributed by atoms with E-state index in [1.165, 1.54) is 12.3 Å². The van der Waals surface area contributed by atoms with E-state index in [9.17, 15) is 14.4 Å². The smallest absolute Gasteiger partial charge is 0.274 e. The topological polar surface area (TPSA) is 171 Å². The molecule has 0 aliphatic rings. The van der Waals surface area contributed by atoms with Crippen molar-refractivity contribution in [3.8, 4) is 17.3 Å². The van der Waals surface area contributed by atoms with Crippen molar-refractivity contribution in [1.29, 1.82) is 5.26 Å². The van der Waals surface area contributed by atoms with E-state index in [1.807, 2.05) is 24.3 Å². The van der Waals surface area contributed by atoms with Gasteiger partial charge in [0.25, 0.3) is 5.91 Å². The highest BCUT2D eigenvalue weighted by Gasteiger charge is 2.19. The maximum Gasteiger partial charge on any atom is 0.274 e. The number of hydrogen-bond donors (Lipinski definition) is 4. The Hall–Kier alpha value is -5.44. The van der Waals surface area contributed by atoms with Crippen LogP contribution < -0.4 is 16.4 Å². The van der Waals surface area contributed by atoms with E-state index in [4.69, 9.17) is 5.73 Å². The fourth-order valence-corrected chi connectivity index (χ4v) is 3.90. The van der Waals surface area contributed by atoms with E-state index < -0.39 is 11.9 Å². The third kappa shape index (κ3) is 5.33. The van der Waals surface area contributed by atoms with Crippen molar-refractivity contribution in [2.75, 3.05) is 11.1 Å². The molecule has 39 heavy (non-hydrogen) atoms. The van der Waals surface area contributed by atoms with Crippen LogP contribution in [0, 0.1) is 24.1 Å². The molecular weight excluding hydrogens is 499 g/mol. The summed E-state index contributed by atoms with van der Waals surface area (Å²) >= 11 is 0. The lowest BCUT2D eigenvalue weighted by atomic mass is 10.1. The van der Waals surface area contributed by atoms with Gasteiger partial charge in [0.15, 0.2) is 22.9 Å². The van der Waals surface area contributed by atoms with Crippen molar-refractivity contribution in [3.05, 3.63) is 88.9 Å². The van der Waals surface area contributed by atoms with Crippen molar-refractivity contribution in [2.45, 2.75) is 26.4 Å². The van der Waals surface area contributed by atoms with Gasteiger partial charge in [-0.15, -0.1) is 0 Å². The maximum absolute atomic E-state index is 14.0. The molecule has 0 unspecified atom stereocenters. The zero-order chi connectivity index (χ0) is 27.5. The molecule has 1 aromatic carbocycles. The van der Waals surface area contributed by atoms with Crippen LogP contribution >= 0.6 is 0 Å². The Kier molecular flexibility index (Phi) is 6.79. The van der Waals surface area contributed by atoms with E-state index >= 15 is 0 Å². The minimum Gasteiger partial charge on any atom is -0.384 e. The number of aromatic nitrogens is 6. The predicted octanol–water partition coefficient (Wildman–Crippen LogP) is 3.81. The van der Waals surface area contributed by atoms with E-state index in [0.29, 0.717) is 40.2 Å². The first-order valence-corrected chi connectivity index (χ1v) is 11.9. The van der Waals surface area contributed by atoms with Gasteiger partial charge in [0, 0.05) is 24.5 Å². The third-order valence-electron chi connectivity index (χ3n) is 6.17. The number of nitrogen functional groups attached to an aromatic ring is 1. The average Bonchev–Trinajstić information content (AvgIpc) is 3.33. The molecule has 194 valence electrons. The van der Waals surface area contributed by atoms with Gasteiger partial charge in [-0.3, -0.25) is 14.9 Å². The molecule has 0 aliphatic heterocycles. The van der Waals surface area contributed by atoms with Crippen LogP contribution in [-0.2, 0) is 6.54 Å². The second kappa shape index (κ2) is 10.5. The van der Waals surface area contributed by atoms with Gasteiger partial charge in [0.1, 0.15) is 17.7 Å². The number of nitriles is 1. The summed E-state index contributed by atoms with van der Waals surface area (Å²) in [5.74, 6) is -0.276. The number of aryl methyl sites for hydroxylation is 1. The fourth-order valence-electron chi connectivity index (χ4n) is 3.90. The number of pyridine rings is 2. The van der Waals surface area contributed by atoms with Gasteiger partial charge < -0.3 is 16.4 Å². The number of anilines is 2. The van der Waals surface area contributed by atoms with Crippen LogP contribution in [0.5, 0.6) is 0 Å². The Bertz CT molecular complexity index is 1730. The number of fused-ring (bicyclic) bond motifs is 1. The van der Waals surface area contributed by atoms with Gasteiger partial charge in [-0.25, -0.2) is 19.3 Å². The van der Waals surface area contributed by atoms with E-state index in [0.717, 1.165) is 11.1 Å². The van der Waals surface area contributed by atoms with Crippen molar-refractivity contribution in [2.24, 2.45) is 0 Å². The molecule has 1 amide bonds. The number of nitrogens with two attached hydrogens (primary N) is 1. The number of aromatic amines is 1. The molecule has 0 fully saturated rings. The molecule has 4 heterocycles. The van der Waals surface area contributed by atoms with Crippen molar-refractivity contribution < 1.29 is 9.18 Å². The molecule has 1 atom stereocenters. The number of nitrogens with zero attached hydrogens (tertiary/aromatic N) is 6. The largest absolute Gasteiger partial charge is 0.384 e. The van der Waals surface area contributed by atoms with Gasteiger partial charge >= 0.3 is 0 Å². The normalized spacial score (nSPS) is 11.6. The highest BCUT2D eigenvalue weighted by Crippen LogP contribution is 2.24. The molecule has 0 spiro atoms. The quantitative estimate of drug-likeness (QED) is 0.248. The van der Waals surface area contributed by atoms with Crippen LogP contribution in [0.25, 0.3) is 22.3 Å². The van der Waals surface area contributed by atoms with Crippen LogP contribution in [0.1, 0.15) is 45.8 Å². The number of benzene rings is 1. The maximum atomic E-state index is 14.0. The molecule has 4 aromatic heterocycles. The lowest BCUT2D eigenvalue weighted by Crippen LogP contribution is -2.29. The number of rotatable bonds is 7. The number of halogens is 1. The van der Waals surface area contributed by atoms with E-state index in [2.05, 4.69) is 40.8 Å². The molecule has 0 radical (unpaired) electrons. The average molecular weight is 523 g/mol. The van der Waals surface area contributed by atoms with Gasteiger partial charge in [0.2, 0.25) is 0 Å². The Morgan fingerprint density at radius 1 is 1.15 bits per heavy atom. The zero-order valence-corrected chi connectivity index (χ0v) is 21.0. The Morgan fingerprint density at radius 3 is 2.74 bits per heavy atom. The summed E-state index contributed by atoms with van der Waals surface area (Å²) in [6.07, 6.45) is 4.64. The van der Waals surface area contributed by atoms with Crippen LogP contribution in [0.2, 0.25) is 0 Å². The Morgan fingerprint density at radius 2 is 2.00 bits per heavy atom.